The van der Waals surface area contributed by atoms with E-state index in [1.165, 1.54) is 4.88 Å². The summed E-state index contributed by atoms with van der Waals surface area (Å²) in [6.45, 7) is 9.59. The van der Waals surface area contributed by atoms with E-state index in [9.17, 15) is 0 Å². The number of aromatic nitrogens is 2. The topological polar surface area (TPSA) is 56.7 Å². The van der Waals surface area contributed by atoms with Gasteiger partial charge >= 0.3 is 0 Å². The predicted octanol–water partition coefficient (Wildman–Crippen LogP) is 2.39. The Morgan fingerprint density at radius 1 is 1.20 bits per heavy atom. The molecule has 2 aromatic heterocycles. The van der Waals surface area contributed by atoms with E-state index in [1.54, 1.807) is 11.3 Å². The summed E-state index contributed by atoms with van der Waals surface area (Å²) in [4.78, 5) is 19.7. The molecule has 0 spiro atoms. The third kappa shape index (κ3) is 4.69. The molecule has 0 aliphatic carbocycles. The maximum atomic E-state index is 4.80. The number of hydrogen-bond donors (Lipinski definition) is 1. The summed E-state index contributed by atoms with van der Waals surface area (Å²) < 4.78 is 0. The highest BCUT2D eigenvalue weighted by Crippen LogP contribution is 2.15. The van der Waals surface area contributed by atoms with Gasteiger partial charge in [-0.15, -0.1) is 11.3 Å². The molecular weight excluding hydrogens is 332 g/mol. The first-order chi connectivity index (χ1) is 12.3. The first-order valence-electron chi connectivity index (χ1n) is 8.93. The zero-order valence-corrected chi connectivity index (χ0v) is 15.8. The van der Waals surface area contributed by atoms with Gasteiger partial charge in [0.05, 0.1) is 6.54 Å². The van der Waals surface area contributed by atoms with Crippen LogP contribution < -0.4 is 10.2 Å². The van der Waals surface area contributed by atoms with Crippen molar-refractivity contribution in [1.82, 2.24) is 20.2 Å². The van der Waals surface area contributed by atoms with Gasteiger partial charge in [0.2, 0.25) is 0 Å². The minimum atomic E-state index is 0.646. The number of rotatable bonds is 5. The molecule has 0 aromatic carbocycles. The third-order valence-electron chi connectivity index (χ3n) is 4.20. The van der Waals surface area contributed by atoms with Crippen LogP contribution in [0.2, 0.25) is 0 Å². The number of guanidine groups is 1. The SMILES string of the molecule is CCNC(=NCc1ncc(CC)s1)N1CCN(c2ccccn2)CC1. The van der Waals surface area contributed by atoms with Crippen LogP contribution in [0, 0.1) is 0 Å². The van der Waals surface area contributed by atoms with E-state index in [1.807, 2.05) is 24.5 Å². The number of nitrogens with one attached hydrogen (secondary N) is 1. The first kappa shape index (κ1) is 17.7. The highest BCUT2D eigenvalue weighted by atomic mass is 32.1. The van der Waals surface area contributed by atoms with Crippen LogP contribution in [-0.4, -0.2) is 53.6 Å². The maximum Gasteiger partial charge on any atom is 0.194 e. The van der Waals surface area contributed by atoms with Crippen LogP contribution >= 0.6 is 11.3 Å². The van der Waals surface area contributed by atoms with E-state index in [4.69, 9.17) is 4.99 Å². The van der Waals surface area contributed by atoms with Gasteiger partial charge in [-0.05, 0) is 25.5 Å². The molecule has 0 atom stereocenters. The Labute approximate surface area is 153 Å². The largest absolute Gasteiger partial charge is 0.357 e. The molecule has 134 valence electrons. The van der Waals surface area contributed by atoms with Crippen LogP contribution in [0.25, 0.3) is 0 Å². The lowest BCUT2D eigenvalue weighted by atomic mass is 10.3. The van der Waals surface area contributed by atoms with Crippen molar-refractivity contribution in [3.8, 4) is 0 Å². The lowest BCUT2D eigenvalue weighted by molar-refractivity contribution is 0.371. The van der Waals surface area contributed by atoms with E-state index in [0.29, 0.717) is 6.54 Å². The molecule has 25 heavy (non-hydrogen) atoms. The molecule has 3 heterocycles. The number of piperazine rings is 1. The van der Waals surface area contributed by atoms with Gasteiger partial charge in [0.1, 0.15) is 10.8 Å². The maximum absolute atomic E-state index is 4.80. The van der Waals surface area contributed by atoms with E-state index >= 15 is 0 Å². The molecular formula is C18H26N6S. The Kier molecular flexibility index (Phi) is 6.22. The number of aryl methyl sites for hydroxylation is 1. The molecule has 3 rings (SSSR count). The summed E-state index contributed by atoms with van der Waals surface area (Å²) in [5.74, 6) is 2.04. The molecule has 0 unspecified atom stereocenters. The highest BCUT2D eigenvalue weighted by Gasteiger charge is 2.20. The first-order valence-corrected chi connectivity index (χ1v) is 9.74. The van der Waals surface area contributed by atoms with E-state index in [-0.39, 0.29) is 0 Å². The Balaban J connectivity index is 1.60. The fraction of sp³-hybridized carbons (Fsp3) is 0.500. The zero-order valence-electron chi connectivity index (χ0n) is 15.0. The average Bonchev–Trinajstić information content (AvgIpc) is 3.14. The number of anilines is 1. The molecule has 2 aromatic rings. The minimum absolute atomic E-state index is 0.646. The molecule has 0 saturated carbocycles. The van der Waals surface area contributed by atoms with Crippen molar-refractivity contribution in [3.05, 3.63) is 40.5 Å². The number of thiazole rings is 1. The van der Waals surface area contributed by atoms with Crippen molar-refractivity contribution in [3.63, 3.8) is 0 Å². The molecule has 1 N–H and O–H groups in total. The van der Waals surface area contributed by atoms with Crippen LogP contribution in [0.5, 0.6) is 0 Å². The molecule has 6 nitrogen and oxygen atoms in total. The summed E-state index contributed by atoms with van der Waals surface area (Å²) in [6.07, 6.45) is 4.86. The Bertz CT molecular complexity index is 676. The van der Waals surface area contributed by atoms with E-state index in [2.05, 4.69) is 45.0 Å². The third-order valence-corrected chi connectivity index (χ3v) is 5.33. The second-order valence-electron chi connectivity index (χ2n) is 5.91. The molecule has 0 radical (unpaired) electrons. The quantitative estimate of drug-likeness (QED) is 0.657. The molecule has 1 aliphatic heterocycles. The van der Waals surface area contributed by atoms with Gasteiger partial charge in [-0.2, -0.15) is 0 Å². The molecule has 1 fully saturated rings. The average molecular weight is 359 g/mol. The van der Waals surface area contributed by atoms with Crippen LogP contribution in [-0.2, 0) is 13.0 Å². The summed E-state index contributed by atoms with van der Waals surface area (Å²) >= 11 is 1.76. The van der Waals surface area contributed by atoms with Crippen molar-refractivity contribution < 1.29 is 0 Å². The van der Waals surface area contributed by atoms with Crippen molar-refractivity contribution in [2.75, 3.05) is 37.6 Å². The van der Waals surface area contributed by atoms with Crippen molar-refractivity contribution in [2.45, 2.75) is 26.8 Å². The Morgan fingerprint density at radius 3 is 2.68 bits per heavy atom. The second-order valence-corrected chi connectivity index (χ2v) is 7.11. The van der Waals surface area contributed by atoms with Gasteiger partial charge in [-0.3, -0.25) is 0 Å². The van der Waals surface area contributed by atoms with Gasteiger partial charge in [-0.25, -0.2) is 15.0 Å². The van der Waals surface area contributed by atoms with Crippen LogP contribution in [0.3, 0.4) is 0 Å². The smallest absolute Gasteiger partial charge is 0.194 e. The van der Waals surface area contributed by atoms with E-state index < -0.39 is 0 Å². The summed E-state index contributed by atoms with van der Waals surface area (Å²) in [7, 11) is 0. The monoisotopic (exact) mass is 358 g/mol. The van der Waals surface area contributed by atoms with Gasteiger partial charge in [0.15, 0.2) is 5.96 Å². The molecule has 0 amide bonds. The second kappa shape index (κ2) is 8.80. The fourth-order valence-electron chi connectivity index (χ4n) is 2.84. The fourth-order valence-corrected chi connectivity index (χ4v) is 3.63. The number of nitrogens with zero attached hydrogens (tertiary/aromatic N) is 5. The summed E-state index contributed by atoms with van der Waals surface area (Å²) in [6, 6.07) is 6.07. The summed E-state index contributed by atoms with van der Waals surface area (Å²) in [5, 5.41) is 4.50. The van der Waals surface area contributed by atoms with Gasteiger partial charge in [0.25, 0.3) is 0 Å². The molecule has 0 bridgehead atoms. The summed E-state index contributed by atoms with van der Waals surface area (Å²) in [5.41, 5.74) is 0. The van der Waals surface area contributed by atoms with E-state index in [0.717, 1.165) is 55.9 Å². The molecule has 7 heteroatoms. The van der Waals surface area contributed by atoms with Crippen molar-refractivity contribution in [2.24, 2.45) is 4.99 Å². The number of hydrogen-bond acceptors (Lipinski definition) is 5. The number of aliphatic imine (C=N–C) groups is 1. The zero-order chi connectivity index (χ0) is 17.5. The number of pyridine rings is 1. The van der Waals surface area contributed by atoms with Crippen LogP contribution in [0.4, 0.5) is 5.82 Å². The highest BCUT2D eigenvalue weighted by molar-refractivity contribution is 7.11. The Morgan fingerprint density at radius 2 is 2.04 bits per heavy atom. The molecule has 1 saturated heterocycles. The van der Waals surface area contributed by atoms with Crippen LogP contribution in [0.1, 0.15) is 23.7 Å². The minimum Gasteiger partial charge on any atom is -0.357 e. The van der Waals surface area contributed by atoms with Crippen molar-refractivity contribution in [1.29, 1.82) is 0 Å². The van der Waals surface area contributed by atoms with Crippen molar-refractivity contribution >= 4 is 23.1 Å². The Hall–Kier alpha value is -2.15. The lowest BCUT2D eigenvalue weighted by Crippen LogP contribution is -2.52. The predicted molar refractivity (Wildman–Crippen MR) is 104 cm³/mol. The normalized spacial score (nSPS) is 15.5. The van der Waals surface area contributed by atoms with Gasteiger partial charge in [-0.1, -0.05) is 13.0 Å². The van der Waals surface area contributed by atoms with Gasteiger partial charge < -0.3 is 15.1 Å². The van der Waals surface area contributed by atoms with Gasteiger partial charge in [0, 0.05) is 50.0 Å². The molecule has 1 aliphatic rings. The lowest BCUT2D eigenvalue weighted by Gasteiger charge is -2.37. The van der Waals surface area contributed by atoms with Crippen LogP contribution in [0.15, 0.2) is 35.6 Å². The standard InChI is InChI=1S/C18H26N6S/c1-3-15-13-21-17(25-15)14-22-18(19-4-2)24-11-9-23(10-12-24)16-7-5-6-8-20-16/h5-8,13H,3-4,9-12,14H2,1-2H3,(H,19,22).